The highest BCUT2D eigenvalue weighted by Crippen LogP contribution is 2.37. The highest BCUT2D eigenvalue weighted by atomic mass is 28.3. The molecule has 0 N–H and O–H groups in total. The van der Waals surface area contributed by atoms with Gasteiger partial charge >= 0.3 is 9.28 Å². The molecule has 1 aromatic rings. The molecule has 0 saturated heterocycles. The molecule has 166 valence electrons. The highest BCUT2D eigenvalue weighted by Gasteiger charge is 2.21. The lowest BCUT2D eigenvalue weighted by atomic mass is 9.77. The Labute approximate surface area is 181 Å². The fourth-order valence-corrected chi connectivity index (χ4v) is 6.58. The minimum atomic E-state index is -1.55. The summed E-state index contributed by atoms with van der Waals surface area (Å²) in [5, 5.41) is 0. The number of rotatable bonds is 13. The van der Waals surface area contributed by atoms with Gasteiger partial charge in [0.2, 0.25) is 0 Å². The Kier molecular flexibility index (Phi) is 11.3. The molecule has 2 rings (SSSR count). The van der Waals surface area contributed by atoms with Gasteiger partial charge in [-0.2, -0.15) is 0 Å². The van der Waals surface area contributed by atoms with Gasteiger partial charge in [0.25, 0.3) is 0 Å². The molecule has 1 aliphatic carbocycles. The fraction of sp³-hybridized carbons (Fsp3) is 0.760. The molecule has 1 aromatic carbocycles. The van der Waals surface area contributed by atoms with Crippen molar-refractivity contribution in [2.24, 2.45) is 5.92 Å². The lowest BCUT2D eigenvalue weighted by molar-refractivity contribution is 0.129. The highest BCUT2D eigenvalue weighted by molar-refractivity contribution is 6.44. The summed E-state index contributed by atoms with van der Waals surface area (Å²) in [4.78, 5) is 0. The van der Waals surface area contributed by atoms with E-state index in [1.54, 1.807) is 0 Å². The van der Waals surface area contributed by atoms with Crippen molar-refractivity contribution in [1.82, 2.24) is 0 Å². The molecule has 0 unspecified atom stereocenters. The Morgan fingerprint density at radius 1 is 0.897 bits per heavy atom. The quantitative estimate of drug-likeness (QED) is 0.254. The van der Waals surface area contributed by atoms with E-state index in [9.17, 15) is 0 Å². The molecule has 4 heteroatoms. The van der Waals surface area contributed by atoms with Gasteiger partial charge in [-0.05, 0) is 102 Å². The molecule has 0 heterocycles. The third-order valence-corrected chi connectivity index (χ3v) is 8.42. The van der Waals surface area contributed by atoms with Crippen LogP contribution in [0.25, 0.3) is 0 Å². The van der Waals surface area contributed by atoms with Gasteiger partial charge in [0.15, 0.2) is 0 Å². The third-order valence-electron chi connectivity index (χ3n) is 5.85. The van der Waals surface area contributed by atoms with Crippen LogP contribution in [0.15, 0.2) is 24.3 Å². The van der Waals surface area contributed by atoms with Gasteiger partial charge in [-0.1, -0.05) is 31.9 Å². The van der Waals surface area contributed by atoms with Crippen molar-refractivity contribution in [3.8, 4) is 5.75 Å². The summed E-state index contributed by atoms with van der Waals surface area (Å²) in [5.41, 5.74) is 1.50. The maximum atomic E-state index is 5.99. The standard InChI is InChI=1S/C25H44O3Si/c1-6-9-22-10-12-23(13-11-22)24-14-16-25(17-15-24)26-18-7-8-19-29(27-20(2)3)28-21(4)5/h14-17,20-23,29H,6-13,18-19H2,1-5H3. The lowest BCUT2D eigenvalue weighted by Gasteiger charge is -2.28. The number of hydrogen-bond acceptors (Lipinski definition) is 3. The molecule has 3 nitrogen and oxygen atoms in total. The lowest BCUT2D eigenvalue weighted by Crippen LogP contribution is -2.29. The van der Waals surface area contributed by atoms with E-state index in [1.807, 2.05) is 0 Å². The molecule has 0 atom stereocenters. The Morgan fingerprint density at radius 2 is 1.52 bits per heavy atom. The van der Waals surface area contributed by atoms with Crippen molar-refractivity contribution in [2.45, 2.75) is 110 Å². The minimum absolute atomic E-state index is 0.252. The van der Waals surface area contributed by atoms with E-state index >= 15 is 0 Å². The maximum absolute atomic E-state index is 5.99. The predicted octanol–water partition coefficient (Wildman–Crippen LogP) is 6.99. The Morgan fingerprint density at radius 3 is 2.07 bits per heavy atom. The van der Waals surface area contributed by atoms with E-state index in [0.29, 0.717) is 0 Å². The second-order valence-electron chi connectivity index (χ2n) is 9.22. The number of benzene rings is 1. The predicted molar refractivity (Wildman–Crippen MR) is 125 cm³/mol. The molecule has 0 bridgehead atoms. The van der Waals surface area contributed by atoms with E-state index in [0.717, 1.165) is 43.1 Å². The Hall–Kier alpha value is -0.843. The SMILES string of the molecule is CCCC1CCC(c2ccc(OCCCC[SiH](OC(C)C)OC(C)C)cc2)CC1. The molecule has 29 heavy (non-hydrogen) atoms. The maximum Gasteiger partial charge on any atom is 0.321 e. The second-order valence-corrected chi connectivity index (χ2v) is 11.2. The van der Waals surface area contributed by atoms with E-state index in [4.69, 9.17) is 13.6 Å². The van der Waals surface area contributed by atoms with Crippen LogP contribution in [-0.4, -0.2) is 28.1 Å². The molecule has 0 aromatic heterocycles. The molecular weight excluding hydrogens is 376 g/mol. The number of hydrogen-bond donors (Lipinski definition) is 0. The van der Waals surface area contributed by atoms with E-state index in [2.05, 4.69) is 58.9 Å². The molecule has 0 radical (unpaired) electrons. The van der Waals surface area contributed by atoms with Crippen molar-refractivity contribution in [3.05, 3.63) is 29.8 Å². The molecule has 1 fully saturated rings. The largest absolute Gasteiger partial charge is 0.494 e. The zero-order chi connectivity index (χ0) is 21.1. The van der Waals surface area contributed by atoms with E-state index in [-0.39, 0.29) is 12.2 Å². The van der Waals surface area contributed by atoms with Crippen LogP contribution in [-0.2, 0) is 8.85 Å². The van der Waals surface area contributed by atoms with Crippen molar-refractivity contribution >= 4 is 9.28 Å². The van der Waals surface area contributed by atoms with Gasteiger partial charge in [0.1, 0.15) is 5.75 Å². The first kappa shape index (κ1) is 24.4. The van der Waals surface area contributed by atoms with Crippen molar-refractivity contribution < 1.29 is 13.6 Å². The van der Waals surface area contributed by atoms with Gasteiger partial charge < -0.3 is 13.6 Å². The van der Waals surface area contributed by atoms with Crippen LogP contribution in [0, 0.1) is 5.92 Å². The summed E-state index contributed by atoms with van der Waals surface area (Å²) in [7, 11) is -1.55. The topological polar surface area (TPSA) is 27.7 Å². The van der Waals surface area contributed by atoms with Crippen LogP contribution in [0.1, 0.15) is 97.5 Å². The smallest absolute Gasteiger partial charge is 0.321 e. The average Bonchev–Trinajstić information content (AvgIpc) is 2.68. The van der Waals surface area contributed by atoms with Gasteiger partial charge in [-0.3, -0.25) is 0 Å². The average molecular weight is 421 g/mol. The Bertz CT molecular complexity index is 526. The van der Waals surface area contributed by atoms with Gasteiger partial charge in [-0.25, -0.2) is 0 Å². The monoisotopic (exact) mass is 420 g/mol. The first-order valence-corrected chi connectivity index (χ1v) is 13.8. The molecule has 0 amide bonds. The van der Waals surface area contributed by atoms with Crippen molar-refractivity contribution in [1.29, 1.82) is 0 Å². The fourth-order valence-electron chi connectivity index (χ4n) is 4.41. The normalized spacial score (nSPS) is 20.0. The second kappa shape index (κ2) is 13.5. The van der Waals surface area contributed by atoms with E-state index < -0.39 is 9.28 Å². The van der Waals surface area contributed by atoms with Crippen LogP contribution in [0.2, 0.25) is 6.04 Å². The molecule has 1 aliphatic rings. The zero-order valence-corrected chi connectivity index (χ0v) is 20.6. The van der Waals surface area contributed by atoms with Gasteiger partial charge in [0.05, 0.1) is 6.61 Å². The first-order chi connectivity index (χ1) is 14.0. The molecule has 0 aliphatic heterocycles. The first-order valence-electron chi connectivity index (χ1n) is 12.0. The van der Waals surface area contributed by atoms with Crippen LogP contribution in [0.3, 0.4) is 0 Å². The van der Waals surface area contributed by atoms with Gasteiger partial charge in [0, 0.05) is 12.2 Å². The summed E-state index contributed by atoms with van der Waals surface area (Å²) in [6.45, 7) is 11.4. The van der Waals surface area contributed by atoms with Crippen molar-refractivity contribution in [3.63, 3.8) is 0 Å². The molecule has 1 saturated carbocycles. The molecule has 0 spiro atoms. The summed E-state index contributed by atoms with van der Waals surface area (Å²) in [6, 6.07) is 9.95. The summed E-state index contributed by atoms with van der Waals surface area (Å²) < 4.78 is 18.0. The summed E-state index contributed by atoms with van der Waals surface area (Å²) in [6.07, 6.45) is 10.9. The minimum Gasteiger partial charge on any atom is -0.494 e. The van der Waals surface area contributed by atoms with Crippen LogP contribution in [0.4, 0.5) is 0 Å². The summed E-state index contributed by atoms with van der Waals surface area (Å²) in [5.74, 6) is 2.72. The van der Waals surface area contributed by atoms with Crippen molar-refractivity contribution in [2.75, 3.05) is 6.61 Å². The zero-order valence-electron chi connectivity index (χ0n) is 19.5. The Balaban J connectivity index is 1.66. The summed E-state index contributed by atoms with van der Waals surface area (Å²) >= 11 is 0. The van der Waals surface area contributed by atoms with Crippen LogP contribution < -0.4 is 4.74 Å². The molecular formula is C25H44O3Si. The van der Waals surface area contributed by atoms with Gasteiger partial charge in [-0.15, -0.1) is 0 Å². The van der Waals surface area contributed by atoms with Crippen LogP contribution >= 0.6 is 0 Å². The van der Waals surface area contributed by atoms with E-state index in [1.165, 1.54) is 44.1 Å². The number of ether oxygens (including phenoxy) is 1. The number of unbranched alkanes of at least 4 members (excludes halogenated alkanes) is 1. The third kappa shape index (κ3) is 9.67. The van der Waals surface area contributed by atoms with Crippen LogP contribution in [0.5, 0.6) is 5.75 Å².